The number of ether oxygens (including phenoxy) is 2. The van der Waals surface area contributed by atoms with E-state index in [-0.39, 0.29) is 12.0 Å². The molecule has 1 fully saturated rings. The number of nitrogens with one attached hydrogen (secondary N) is 1. The lowest BCUT2D eigenvalue weighted by molar-refractivity contribution is -0.143. The molecule has 0 amide bonds. The highest BCUT2D eigenvalue weighted by Gasteiger charge is 2.20. The maximum Gasteiger partial charge on any atom is 0.322 e. The second kappa shape index (κ2) is 9.28. The number of carbonyl (C=O) groups is 1. The SMILES string of the molecule is CCNC(CCN(C)CC1CCCCO1)C(=O)OC. The van der Waals surface area contributed by atoms with E-state index in [1.54, 1.807) is 0 Å². The molecule has 112 valence electrons. The molecule has 1 rings (SSSR count). The van der Waals surface area contributed by atoms with E-state index in [9.17, 15) is 4.79 Å². The lowest BCUT2D eigenvalue weighted by Gasteiger charge is -2.28. The number of esters is 1. The molecule has 0 spiro atoms. The van der Waals surface area contributed by atoms with Gasteiger partial charge in [-0.3, -0.25) is 4.79 Å². The van der Waals surface area contributed by atoms with Crippen molar-refractivity contribution in [3.8, 4) is 0 Å². The highest BCUT2D eigenvalue weighted by molar-refractivity contribution is 5.75. The van der Waals surface area contributed by atoms with Crippen LogP contribution in [0.2, 0.25) is 0 Å². The van der Waals surface area contributed by atoms with Crippen molar-refractivity contribution in [3.63, 3.8) is 0 Å². The molecule has 1 aliphatic heterocycles. The minimum absolute atomic E-state index is 0.177. The molecule has 0 aromatic heterocycles. The number of nitrogens with zero attached hydrogens (tertiary/aromatic N) is 1. The molecule has 19 heavy (non-hydrogen) atoms. The van der Waals surface area contributed by atoms with Crippen LogP contribution in [0.15, 0.2) is 0 Å². The van der Waals surface area contributed by atoms with E-state index >= 15 is 0 Å². The fourth-order valence-corrected chi connectivity index (χ4v) is 2.43. The summed E-state index contributed by atoms with van der Waals surface area (Å²) in [5.74, 6) is -0.177. The van der Waals surface area contributed by atoms with Gasteiger partial charge in [0, 0.05) is 13.2 Å². The Hall–Kier alpha value is -0.650. The van der Waals surface area contributed by atoms with Crippen molar-refractivity contribution in [3.05, 3.63) is 0 Å². The van der Waals surface area contributed by atoms with Crippen molar-refractivity contribution >= 4 is 5.97 Å². The Bertz CT molecular complexity index is 255. The van der Waals surface area contributed by atoms with Gasteiger partial charge in [0.15, 0.2) is 0 Å². The highest BCUT2D eigenvalue weighted by atomic mass is 16.5. The summed E-state index contributed by atoms with van der Waals surface area (Å²) < 4.78 is 10.5. The first-order valence-corrected chi connectivity index (χ1v) is 7.28. The summed E-state index contributed by atoms with van der Waals surface area (Å²) in [7, 11) is 3.52. The van der Waals surface area contributed by atoms with E-state index in [4.69, 9.17) is 9.47 Å². The first kappa shape index (κ1) is 16.4. The second-order valence-corrected chi connectivity index (χ2v) is 5.17. The van der Waals surface area contributed by atoms with Gasteiger partial charge in [0.1, 0.15) is 6.04 Å². The standard InChI is InChI=1S/C14H28N2O3/c1-4-15-13(14(17)18-3)8-9-16(2)11-12-7-5-6-10-19-12/h12-13,15H,4-11H2,1-3H3. The molecule has 5 heteroatoms. The van der Waals surface area contributed by atoms with Crippen LogP contribution in [0.5, 0.6) is 0 Å². The lowest BCUT2D eigenvalue weighted by atomic mass is 10.1. The fraction of sp³-hybridized carbons (Fsp3) is 0.929. The molecule has 0 aliphatic carbocycles. The predicted molar refractivity (Wildman–Crippen MR) is 75.2 cm³/mol. The zero-order valence-electron chi connectivity index (χ0n) is 12.5. The molecule has 5 nitrogen and oxygen atoms in total. The van der Waals surface area contributed by atoms with Crippen molar-refractivity contribution in [1.82, 2.24) is 10.2 Å². The molecule has 2 unspecified atom stereocenters. The molecule has 0 radical (unpaired) electrons. The molecule has 0 aromatic rings. The summed E-state index contributed by atoms with van der Waals surface area (Å²) in [5, 5.41) is 3.16. The van der Waals surface area contributed by atoms with Crippen LogP contribution in [-0.4, -0.2) is 63.4 Å². The monoisotopic (exact) mass is 272 g/mol. The van der Waals surface area contributed by atoms with Gasteiger partial charge in [0.25, 0.3) is 0 Å². The van der Waals surface area contributed by atoms with Crippen LogP contribution in [0, 0.1) is 0 Å². The normalized spacial score (nSPS) is 21.4. The van der Waals surface area contributed by atoms with Crippen LogP contribution in [-0.2, 0) is 14.3 Å². The third kappa shape index (κ3) is 6.36. The molecule has 1 aliphatic rings. The van der Waals surface area contributed by atoms with Gasteiger partial charge in [-0.25, -0.2) is 0 Å². The van der Waals surface area contributed by atoms with Crippen LogP contribution >= 0.6 is 0 Å². The van der Waals surface area contributed by atoms with Crippen LogP contribution in [0.1, 0.15) is 32.6 Å². The molecular formula is C14H28N2O3. The summed E-state index contributed by atoms with van der Waals surface area (Å²) in [6.45, 7) is 5.47. The number of hydrogen-bond acceptors (Lipinski definition) is 5. The van der Waals surface area contributed by atoms with Crippen LogP contribution in [0.3, 0.4) is 0 Å². The second-order valence-electron chi connectivity index (χ2n) is 5.17. The highest BCUT2D eigenvalue weighted by Crippen LogP contribution is 2.13. The zero-order chi connectivity index (χ0) is 14.1. The molecule has 1 saturated heterocycles. The Morgan fingerprint density at radius 1 is 1.53 bits per heavy atom. The summed E-state index contributed by atoms with van der Waals surface area (Å²) >= 11 is 0. The molecule has 1 heterocycles. The molecule has 0 saturated carbocycles. The average Bonchev–Trinajstić information content (AvgIpc) is 2.43. The van der Waals surface area contributed by atoms with Gasteiger partial charge in [-0.1, -0.05) is 6.92 Å². The third-order valence-electron chi connectivity index (χ3n) is 3.53. The van der Waals surface area contributed by atoms with Gasteiger partial charge in [-0.05, 0) is 45.8 Å². The molecule has 1 N–H and O–H groups in total. The van der Waals surface area contributed by atoms with E-state index in [2.05, 4.69) is 17.3 Å². The average molecular weight is 272 g/mol. The molecule has 2 atom stereocenters. The first-order valence-electron chi connectivity index (χ1n) is 7.28. The number of carbonyl (C=O) groups excluding carboxylic acids is 1. The maximum absolute atomic E-state index is 11.6. The maximum atomic E-state index is 11.6. The summed E-state index contributed by atoms with van der Waals surface area (Å²) in [4.78, 5) is 13.8. The van der Waals surface area contributed by atoms with E-state index in [0.717, 1.165) is 39.1 Å². The quantitative estimate of drug-likeness (QED) is 0.669. The smallest absolute Gasteiger partial charge is 0.322 e. The number of rotatable bonds is 8. The van der Waals surface area contributed by atoms with Crippen molar-refractivity contribution in [2.75, 3.05) is 40.4 Å². The largest absolute Gasteiger partial charge is 0.468 e. The van der Waals surface area contributed by atoms with Crippen molar-refractivity contribution in [2.45, 2.75) is 44.8 Å². The Balaban J connectivity index is 2.25. The molecular weight excluding hydrogens is 244 g/mol. The minimum Gasteiger partial charge on any atom is -0.468 e. The molecule has 0 aromatic carbocycles. The van der Waals surface area contributed by atoms with Gasteiger partial charge < -0.3 is 19.7 Å². The van der Waals surface area contributed by atoms with Crippen LogP contribution < -0.4 is 5.32 Å². The Labute approximate surface area is 116 Å². The predicted octanol–water partition coefficient (Wildman–Crippen LogP) is 1.03. The van der Waals surface area contributed by atoms with E-state index < -0.39 is 0 Å². The topological polar surface area (TPSA) is 50.8 Å². The zero-order valence-corrected chi connectivity index (χ0v) is 12.5. The first-order chi connectivity index (χ1) is 9.17. The van der Waals surface area contributed by atoms with Crippen molar-refractivity contribution in [1.29, 1.82) is 0 Å². The Morgan fingerprint density at radius 3 is 2.89 bits per heavy atom. The number of methoxy groups -OCH3 is 1. The van der Waals surface area contributed by atoms with E-state index in [0.29, 0.717) is 6.10 Å². The summed E-state index contributed by atoms with van der Waals surface area (Å²) in [6, 6.07) is -0.204. The van der Waals surface area contributed by atoms with Gasteiger partial charge >= 0.3 is 5.97 Å². The van der Waals surface area contributed by atoms with E-state index in [1.165, 1.54) is 20.0 Å². The fourth-order valence-electron chi connectivity index (χ4n) is 2.43. The lowest BCUT2D eigenvalue weighted by Crippen LogP contribution is -2.41. The van der Waals surface area contributed by atoms with Gasteiger partial charge in [0.2, 0.25) is 0 Å². The van der Waals surface area contributed by atoms with Gasteiger partial charge in [0.05, 0.1) is 13.2 Å². The van der Waals surface area contributed by atoms with Gasteiger partial charge in [-0.15, -0.1) is 0 Å². The molecule has 0 bridgehead atoms. The Morgan fingerprint density at radius 2 is 2.32 bits per heavy atom. The van der Waals surface area contributed by atoms with Crippen LogP contribution in [0.4, 0.5) is 0 Å². The third-order valence-corrected chi connectivity index (χ3v) is 3.53. The number of likely N-dealkylation sites (N-methyl/N-ethyl adjacent to an activating group) is 2. The minimum atomic E-state index is -0.204. The van der Waals surface area contributed by atoms with Gasteiger partial charge in [-0.2, -0.15) is 0 Å². The van der Waals surface area contributed by atoms with Crippen LogP contribution in [0.25, 0.3) is 0 Å². The Kier molecular flexibility index (Phi) is 8.02. The number of hydrogen-bond donors (Lipinski definition) is 1. The van der Waals surface area contributed by atoms with Crippen molar-refractivity contribution < 1.29 is 14.3 Å². The van der Waals surface area contributed by atoms with Crippen molar-refractivity contribution in [2.24, 2.45) is 0 Å². The summed E-state index contributed by atoms with van der Waals surface area (Å²) in [6.07, 6.45) is 4.72. The van der Waals surface area contributed by atoms with E-state index in [1.807, 2.05) is 6.92 Å². The summed E-state index contributed by atoms with van der Waals surface area (Å²) in [5.41, 5.74) is 0.